The second kappa shape index (κ2) is 4.56. The lowest BCUT2D eigenvalue weighted by molar-refractivity contribution is -0.164. The lowest BCUT2D eigenvalue weighted by Crippen LogP contribution is -2.23. The maximum atomic E-state index is 12.7. The van der Waals surface area contributed by atoms with Gasteiger partial charge < -0.3 is 0 Å². The Labute approximate surface area is 107 Å². The Bertz CT molecular complexity index is 517. The van der Waals surface area contributed by atoms with Crippen molar-refractivity contribution in [3.05, 3.63) is 33.9 Å². The Hall–Kier alpha value is -1.41. The van der Waals surface area contributed by atoms with Gasteiger partial charge in [-0.25, -0.2) is 0 Å². The molecule has 0 aliphatic heterocycles. The third kappa shape index (κ3) is 3.01. The van der Waals surface area contributed by atoms with Crippen molar-refractivity contribution in [3.8, 4) is 0 Å². The summed E-state index contributed by atoms with van der Waals surface area (Å²) < 4.78 is 114. The third-order valence-electron chi connectivity index (χ3n) is 2.66. The predicted octanol–water partition coefficient (Wildman–Crippen LogP) is 5.36. The fraction of sp³-hybridized carbons (Fsp3) is 0.455. The van der Waals surface area contributed by atoms with Crippen molar-refractivity contribution in [2.24, 2.45) is 0 Å². The zero-order valence-corrected chi connectivity index (χ0v) is 9.98. The summed E-state index contributed by atoms with van der Waals surface area (Å²) in [6.07, 6.45) is -16.1. The molecule has 0 amide bonds. The maximum Gasteiger partial charge on any atom is 0.417 e. The van der Waals surface area contributed by atoms with Gasteiger partial charge in [-0.05, 0) is 31.0 Å². The number of aryl methyl sites for hydroxylation is 1. The molecule has 0 saturated heterocycles. The highest BCUT2D eigenvalue weighted by Crippen LogP contribution is 2.47. The van der Waals surface area contributed by atoms with Gasteiger partial charge in [0, 0.05) is 0 Å². The Morgan fingerprint density at radius 3 is 1.35 bits per heavy atom. The van der Waals surface area contributed by atoms with Crippen LogP contribution >= 0.6 is 0 Å². The summed E-state index contributed by atoms with van der Waals surface area (Å²) in [5, 5.41) is 0. The van der Waals surface area contributed by atoms with Crippen LogP contribution in [0.25, 0.3) is 0 Å². The highest BCUT2D eigenvalue weighted by atomic mass is 19.4. The molecule has 0 N–H and O–H groups in total. The normalized spacial score (nSPS) is 13.8. The SMILES string of the molecule is Cc1cc(C(F)(F)F)c(C)c(C(F)(F)F)c1C(F)(F)F. The highest BCUT2D eigenvalue weighted by molar-refractivity contribution is 5.49. The number of hydrogen-bond acceptors (Lipinski definition) is 0. The molecular formula is C11H7F9. The first-order valence-corrected chi connectivity index (χ1v) is 5.03. The molecule has 1 aromatic carbocycles. The van der Waals surface area contributed by atoms with Crippen molar-refractivity contribution < 1.29 is 39.5 Å². The molecule has 9 heteroatoms. The van der Waals surface area contributed by atoms with Gasteiger partial charge in [0.25, 0.3) is 0 Å². The summed E-state index contributed by atoms with van der Waals surface area (Å²) >= 11 is 0. The minimum atomic E-state index is -5.54. The van der Waals surface area contributed by atoms with Gasteiger partial charge in [-0.2, -0.15) is 39.5 Å². The van der Waals surface area contributed by atoms with Crippen LogP contribution in [0.3, 0.4) is 0 Å². The van der Waals surface area contributed by atoms with Crippen molar-refractivity contribution in [1.29, 1.82) is 0 Å². The van der Waals surface area contributed by atoms with E-state index >= 15 is 0 Å². The molecule has 0 unspecified atom stereocenters. The molecule has 0 heterocycles. The average Bonchev–Trinajstić information content (AvgIpc) is 2.14. The van der Waals surface area contributed by atoms with E-state index in [9.17, 15) is 39.5 Å². The van der Waals surface area contributed by atoms with E-state index in [2.05, 4.69) is 0 Å². The van der Waals surface area contributed by atoms with E-state index in [-0.39, 0.29) is 6.07 Å². The topological polar surface area (TPSA) is 0 Å². The lowest BCUT2D eigenvalue weighted by Gasteiger charge is -2.23. The van der Waals surface area contributed by atoms with Gasteiger partial charge in [-0.3, -0.25) is 0 Å². The maximum absolute atomic E-state index is 12.7. The first kappa shape index (κ1) is 16.6. The van der Waals surface area contributed by atoms with Gasteiger partial charge >= 0.3 is 18.5 Å². The van der Waals surface area contributed by atoms with Crippen molar-refractivity contribution in [2.45, 2.75) is 32.4 Å². The van der Waals surface area contributed by atoms with Crippen LogP contribution in [0.4, 0.5) is 39.5 Å². The fourth-order valence-electron chi connectivity index (χ4n) is 1.93. The molecule has 0 spiro atoms. The second-order valence-electron chi connectivity index (χ2n) is 4.11. The van der Waals surface area contributed by atoms with Gasteiger partial charge in [0.1, 0.15) is 0 Å². The summed E-state index contributed by atoms with van der Waals surface area (Å²) in [5.74, 6) is 0. The Morgan fingerprint density at radius 1 is 0.650 bits per heavy atom. The number of hydrogen-bond donors (Lipinski definition) is 0. The molecule has 1 rings (SSSR count). The Kier molecular flexibility index (Phi) is 3.79. The summed E-state index contributed by atoms with van der Waals surface area (Å²) in [6.45, 7) is 0.938. The molecule has 0 fully saturated rings. The molecule has 114 valence electrons. The van der Waals surface area contributed by atoms with Crippen LogP contribution in [-0.2, 0) is 18.5 Å². The number of benzene rings is 1. The molecule has 0 nitrogen and oxygen atoms in total. The van der Waals surface area contributed by atoms with E-state index in [0.29, 0.717) is 13.8 Å². The summed E-state index contributed by atoms with van der Waals surface area (Å²) in [5.41, 5.74) is -8.71. The van der Waals surface area contributed by atoms with Crippen LogP contribution in [0.2, 0.25) is 0 Å². The molecule has 0 bridgehead atoms. The first-order chi connectivity index (χ1) is 8.67. The summed E-state index contributed by atoms with van der Waals surface area (Å²) in [7, 11) is 0. The predicted molar refractivity (Wildman–Crippen MR) is 50.9 cm³/mol. The smallest absolute Gasteiger partial charge is 0.166 e. The van der Waals surface area contributed by atoms with Crippen LogP contribution < -0.4 is 0 Å². The average molecular weight is 310 g/mol. The standard InChI is InChI=1S/C11H7F9/c1-4-3-6(9(12,13)14)5(2)8(11(18,19)20)7(4)10(15,16)17/h3H,1-2H3. The molecule has 1 aromatic rings. The first-order valence-electron chi connectivity index (χ1n) is 5.03. The molecule has 0 aliphatic rings. The molecule has 0 radical (unpaired) electrons. The summed E-state index contributed by atoms with van der Waals surface area (Å²) in [6, 6.07) is 0.0768. The number of alkyl halides is 9. The quantitative estimate of drug-likeness (QED) is 0.566. The number of rotatable bonds is 0. The van der Waals surface area contributed by atoms with Gasteiger partial charge in [-0.1, -0.05) is 0 Å². The van der Waals surface area contributed by atoms with Gasteiger partial charge in [0.05, 0.1) is 16.7 Å². The molecule has 20 heavy (non-hydrogen) atoms. The molecule has 0 saturated carbocycles. The van der Waals surface area contributed by atoms with Crippen LogP contribution in [0, 0.1) is 13.8 Å². The molecule has 0 aromatic heterocycles. The monoisotopic (exact) mass is 310 g/mol. The van der Waals surface area contributed by atoms with Gasteiger partial charge in [0.15, 0.2) is 0 Å². The van der Waals surface area contributed by atoms with Crippen LogP contribution in [0.15, 0.2) is 6.07 Å². The van der Waals surface area contributed by atoms with E-state index in [0.717, 1.165) is 0 Å². The van der Waals surface area contributed by atoms with Gasteiger partial charge in [-0.15, -0.1) is 0 Å². The lowest BCUT2D eigenvalue weighted by atomic mass is 9.91. The highest BCUT2D eigenvalue weighted by Gasteiger charge is 2.48. The zero-order chi connectivity index (χ0) is 16.1. The van der Waals surface area contributed by atoms with Crippen molar-refractivity contribution >= 4 is 0 Å². The van der Waals surface area contributed by atoms with E-state index < -0.39 is 46.3 Å². The summed E-state index contributed by atoms with van der Waals surface area (Å²) in [4.78, 5) is 0. The van der Waals surface area contributed by atoms with E-state index in [4.69, 9.17) is 0 Å². The van der Waals surface area contributed by atoms with Crippen LogP contribution in [0.5, 0.6) is 0 Å². The molecule has 0 atom stereocenters. The molecular weight excluding hydrogens is 303 g/mol. The minimum absolute atomic E-state index is 0.0768. The van der Waals surface area contributed by atoms with E-state index in [1.54, 1.807) is 0 Å². The van der Waals surface area contributed by atoms with Crippen molar-refractivity contribution in [1.82, 2.24) is 0 Å². The third-order valence-corrected chi connectivity index (χ3v) is 2.66. The minimum Gasteiger partial charge on any atom is -0.166 e. The molecule has 0 aliphatic carbocycles. The number of halogens is 9. The van der Waals surface area contributed by atoms with Gasteiger partial charge in [0.2, 0.25) is 0 Å². The van der Waals surface area contributed by atoms with Crippen LogP contribution in [-0.4, -0.2) is 0 Å². The van der Waals surface area contributed by atoms with Crippen molar-refractivity contribution in [2.75, 3.05) is 0 Å². The second-order valence-corrected chi connectivity index (χ2v) is 4.11. The van der Waals surface area contributed by atoms with Crippen molar-refractivity contribution in [3.63, 3.8) is 0 Å². The largest absolute Gasteiger partial charge is 0.417 e. The zero-order valence-electron chi connectivity index (χ0n) is 9.98. The van der Waals surface area contributed by atoms with E-state index in [1.165, 1.54) is 0 Å². The Morgan fingerprint density at radius 2 is 1.05 bits per heavy atom. The fourth-order valence-corrected chi connectivity index (χ4v) is 1.93. The van der Waals surface area contributed by atoms with Crippen LogP contribution in [0.1, 0.15) is 27.8 Å². The Balaban J connectivity index is 3.88. The van der Waals surface area contributed by atoms with E-state index in [1.807, 2.05) is 0 Å².